The van der Waals surface area contributed by atoms with Crippen LogP contribution in [0, 0.1) is 23.7 Å². The first-order valence-corrected chi connectivity index (χ1v) is 7.75. The standard InChI is InChI=1S/C15H26N2O/c1-10-14(3-2-6-16-10)15(18)17-9-13-8-11-4-5-12(13)7-11/h10-14,16H,2-9H2,1H3,(H,17,18). The third kappa shape index (κ3) is 2.42. The summed E-state index contributed by atoms with van der Waals surface area (Å²) in [5, 5.41) is 6.64. The Morgan fingerprint density at radius 1 is 1.28 bits per heavy atom. The van der Waals surface area contributed by atoms with Gasteiger partial charge in [-0.1, -0.05) is 6.42 Å². The quantitative estimate of drug-likeness (QED) is 0.803. The van der Waals surface area contributed by atoms with Crippen LogP contribution in [0.15, 0.2) is 0 Å². The molecule has 3 nitrogen and oxygen atoms in total. The van der Waals surface area contributed by atoms with Gasteiger partial charge in [-0.25, -0.2) is 0 Å². The van der Waals surface area contributed by atoms with E-state index in [9.17, 15) is 4.79 Å². The van der Waals surface area contributed by atoms with Gasteiger partial charge in [0, 0.05) is 12.6 Å². The molecule has 5 unspecified atom stereocenters. The Hall–Kier alpha value is -0.570. The highest BCUT2D eigenvalue weighted by atomic mass is 16.1. The molecule has 3 fully saturated rings. The van der Waals surface area contributed by atoms with Gasteiger partial charge in [-0.2, -0.15) is 0 Å². The molecule has 2 saturated carbocycles. The average Bonchev–Trinajstić information content (AvgIpc) is 2.98. The van der Waals surface area contributed by atoms with E-state index >= 15 is 0 Å². The van der Waals surface area contributed by atoms with E-state index in [0.29, 0.717) is 6.04 Å². The predicted octanol–water partition coefficient (Wildman–Crippen LogP) is 1.93. The van der Waals surface area contributed by atoms with E-state index in [1.54, 1.807) is 0 Å². The predicted molar refractivity (Wildman–Crippen MR) is 72.1 cm³/mol. The van der Waals surface area contributed by atoms with Gasteiger partial charge in [0.25, 0.3) is 0 Å². The molecular weight excluding hydrogens is 224 g/mol. The lowest BCUT2D eigenvalue weighted by Gasteiger charge is -2.30. The summed E-state index contributed by atoms with van der Waals surface area (Å²) in [5.41, 5.74) is 0. The zero-order chi connectivity index (χ0) is 12.5. The van der Waals surface area contributed by atoms with Crippen molar-refractivity contribution in [1.82, 2.24) is 10.6 Å². The number of piperidine rings is 1. The summed E-state index contributed by atoms with van der Waals surface area (Å²) in [6, 6.07) is 0.346. The first-order valence-electron chi connectivity index (χ1n) is 7.75. The minimum atomic E-state index is 0.192. The van der Waals surface area contributed by atoms with Crippen LogP contribution in [0.1, 0.15) is 45.4 Å². The van der Waals surface area contributed by atoms with Gasteiger partial charge < -0.3 is 10.6 Å². The molecule has 18 heavy (non-hydrogen) atoms. The van der Waals surface area contributed by atoms with Crippen LogP contribution in [-0.4, -0.2) is 25.0 Å². The number of fused-ring (bicyclic) bond motifs is 2. The van der Waals surface area contributed by atoms with Crippen LogP contribution in [0.5, 0.6) is 0 Å². The van der Waals surface area contributed by atoms with Crippen molar-refractivity contribution in [3.05, 3.63) is 0 Å². The second-order valence-electron chi connectivity index (χ2n) is 6.67. The summed E-state index contributed by atoms with van der Waals surface area (Å²) in [6.45, 7) is 4.14. The normalized spacial score (nSPS) is 43.1. The van der Waals surface area contributed by atoms with E-state index in [-0.39, 0.29) is 11.8 Å². The van der Waals surface area contributed by atoms with Gasteiger partial charge in [0.2, 0.25) is 5.91 Å². The highest BCUT2D eigenvalue weighted by molar-refractivity contribution is 5.79. The number of nitrogens with one attached hydrogen (secondary N) is 2. The highest BCUT2D eigenvalue weighted by Gasteiger charge is 2.39. The number of amides is 1. The van der Waals surface area contributed by atoms with Gasteiger partial charge in [0.05, 0.1) is 5.92 Å². The summed E-state index contributed by atoms with van der Waals surface area (Å²) in [6.07, 6.45) is 7.84. The molecule has 102 valence electrons. The maximum atomic E-state index is 12.2. The lowest BCUT2D eigenvalue weighted by atomic mass is 9.88. The number of carbonyl (C=O) groups is 1. The summed E-state index contributed by atoms with van der Waals surface area (Å²) in [7, 11) is 0. The first kappa shape index (κ1) is 12.5. The van der Waals surface area contributed by atoms with Crippen LogP contribution >= 0.6 is 0 Å². The molecule has 3 aliphatic rings. The number of hydrogen-bond acceptors (Lipinski definition) is 2. The van der Waals surface area contributed by atoms with Gasteiger partial charge in [-0.05, 0) is 63.3 Å². The maximum absolute atomic E-state index is 12.2. The summed E-state index contributed by atoms with van der Waals surface area (Å²) < 4.78 is 0. The minimum Gasteiger partial charge on any atom is -0.356 e. The zero-order valence-electron chi connectivity index (χ0n) is 11.5. The Morgan fingerprint density at radius 2 is 2.17 bits per heavy atom. The van der Waals surface area contributed by atoms with Crippen LogP contribution in [-0.2, 0) is 4.79 Å². The lowest BCUT2D eigenvalue weighted by molar-refractivity contribution is -0.126. The topological polar surface area (TPSA) is 41.1 Å². The van der Waals surface area contributed by atoms with E-state index in [4.69, 9.17) is 0 Å². The van der Waals surface area contributed by atoms with Crippen LogP contribution < -0.4 is 10.6 Å². The molecule has 0 aromatic carbocycles. The molecule has 2 bridgehead atoms. The third-order valence-electron chi connectivity index (χ3n) is 5.52. The molecule has 1 aliphatic heterocycles. The van der Waals surface area contributed by atoms with Crippen molar-refractivity contribution in [2.24, 2.45) is 23.7 Å². The Morgan fingerprint density at radius 3 is 2.83 bits per heavy atom. The van der Waals surface area contributed by atoms with Gasteiger partial charge in [-0.15, -0.1) is 0 Å². The molecule has 5 atom stereocenters. The molecule has 3 rings (SSSR count). The molecule has 0 aromatic heterocycles. The van der Waals surface area contributed by atoms with Crippen LogP contribution in [0.2, 0.25) is 0 Å². The van der Waals surface area contributed by atoms with Gasteiger partial charge in [0.1, 0.15) is 0 Å². The maximum Gasteiger partial charge on any atom is 0.224 e. The van der Waals surface area contributed by atoms with Crippen molar-refractivity contribution >= 4 is 5.91 Å². The zero-order valence-corrected chi connectivity index (χ0v) is 11.5. The van der Waals surface area contributed by atoms with E-state index < -0.39 is 0 Å². The first-order chi connectivity index (χ1) is 8.74. The Labute approximate surface area is 110 Å². The smallest absolute Gasteiger partial charge is 0.224 e. The van der Waals surface area contributed by atoms with E-state index in [1.807, 2.05) is 0 Å². The van der Waals surface area contributed by atoms with Crippen molar-refractivity contribution in [2.45, 2.75) is 51.5 Å². The van der Waals surface area contributed by atoms with E-state index in [0.717, 1.165) is 43.7 Å². The Balaban J connectivity index is 1.46. The summed E-state index contributed by atoms with van der Waals surface area (Å²) >= 11 is 0. The molecule has 3 heteroatoms. The van der Waals surface area contributed by atoms with Gasteiger partial charge in [0.15, 0.2) is 0 Å². The molecule has 1 saturated heterocycles. The van der Waals surface area contributed by atoms with Crippen molar-refractivity contribution in [2.75, 3.05) is 13.1 Å². The number of rotatable bonds is 3. The molecule has 0 radical (unpaired) electrons. The molecule has 0 spiro atoms. The van der Waals surface area contributed by atoms with Crippen LogP contribution in [0.4, 0.5) is 0 Å². The monoisotopic (exact) mass is 250 g/mol. The van der Waals surface area contributed by atoms with Crippen molar-refractivity contribution < 1.29 is 4.79 Å². The second kappa shape index (κ2) is 5.20. The Kier molecular flexibility index (Phi) is 3.60. The van der Waals surface area contributed by atoms with E-state index in [1.165, 1.54) is 25.7 Å². The van der Waals surface area contributed by atoms with Crippen LogP contribution in [0.3, 0.4) is 0 Å². The van der Waals surface area contributed by atoms with Crippen molar-refractivity contribution in [3.63, 3.8) is 0 Å². The van der Waals surface area contributed by atoms with E-state index in [2.05, 4.69) is 17.6 Å². The third-order valence-corrected chi connectivity index (χ3v) is 5.52. The average molecular weight is 250 g/mol. The van der Waals surface area contributed by atoms with Gasteiger partial charge >= 0.3 is 0 Å². The molecule has 2 N–H and O–H groups in total. The fourth-order valence-corrected chi connectivity index (χ4v) is 4.39. The largest absolute Gasteiger partial charge is 0.356 e. The fraction of sp³-hybridized carbons (Fsp3) is 0.933. The molecule has 1 heterocycles. The summed E-state index contributed by atoms with van der Waals surface area (Å²) in [5.74, 6) is 3.15. The molecule has 2 aliphatic carbocycles. The SMILES string of the molecule is CC1NCCCC1C(=O)NCC1CC2CCC1C2. The van der Waals surface area contributed by atoms with Crippen LogP contribution in [0.25, 0.3) is 0 Å². The minimum absolute atomic E-state index is 0.192. The lowest BCUT2D eigenvalue weighted by Crippen LogP contribution is -2.47. The molecular formula is C15H26N2O. The van der Waals surface area contributed by atoms with Gasteiger partial charge in [-0.3, -0.25) is 4.79 Å². The number of hydrogen-bond donors (Lipinski definition) is 2. The molecule has 0 aromatic rings. The Bertz CT molecular complexity index is 318. The summed E-state index contributed by atoms with van der Waals surface area (Å²) in [4.78, 5) is 12.2. The molecule has 1 amide bonds. The number of carbonyl (C=O) groups excluding carboxylic acids is 1. The van der Waals surface area contributed by atoms with Crippen molar-refractivity contribution in [1.29, 1.82) is 0 Å². The van der Waals surface area contributed by atoms with Crippen molar-refractivity contribution in [3.8, 4) is 0 Å². The fourth-order valence-electron chi connectivity index (χ4n) is 4.39. The highest BCUT2D eigenvalue weighted by Crippen LogP contribution is 2.47. The second-order valence-corrected chi connectivity index (χ2v) is 6.67.